The number of hydrogen-bond donors (Lipinski definition) is 2. The molecule has 0 saturated heterocycles. The van der Waals surface area contributed by atoms with Gasteiger partial charge in [0.2, 0.25) is 0 Å². The number of aliphatic imine (C=N–C) groups is 1. The quantitative estimate of drug-likeness (QED) is 0.0997. The maximum absolute atomic E-state index is 13.1. The molecule has 4 rings (SSSR count). The van der Waals surface area contributed by atoms with Gasteiger partial charge in [-0.1, -0.05) is 45.5 Å². The molecule has 0 unspecified atom stereocenters. The van der Waals surface area contributed by atoms with Gasteiger partial charge in [-0.3, -0.25) is 14.6 Å². The van der Waals surface area contributed by atoms with Crippen LogP contribution in [0.15, 0.2) is 77.1 Å². The largest absolute Gasteiger partial charge is 0.444 e. The van der Waals surface area contributed by atoms with Gasteiger partial charge in [0.05, 0.1) is 24.2 Å². The first-order valence-electron chi connectivity index (χ1n) is 15.1. The third-order valence-electron chi connectivity index (χ3n) is 7.51. The highest BCUT2D eigenvalue weighted by Crippen LogP contribution is 2.40. The van der Waals surface area contributed by atoms with Gasteiger partial charge in [0.15, 0.2) is 12.2 Å². The average Bonchev–Trinajstić information content (AvgIpc) is 3.52. The molecule has 1 fully saturated rings. The maximum atomic E-state index is 13.1. The van der Waals surface area contributed by atoms with Crippen LogP contribution in [0, 0.1) is 11.3 Å². The Kier molecular flexibility index (Phi) is 13.0. The van der Waals surface area contributed by atoms with Gasteiger partial charge in [-0.25, -0.2) is 4.98 Å². The molecule has 1 saturated carbocycles. The molecule has 1 aliphatic carbocycles. The molecule has 1 aromatic heterocycles. The minimum Gasteiger partial charge on any atom is -0.444 e. The van der Waals surface area contributed by atoms with E-state index in [0.717, 1.165) is 49.4 Å². The van der Waals surface area contributed by atoms with E-state index in [-0.39, 0.29) is 11.3 Å². The molecule has 0 radical (unpaired) electrons. The number of aldehydes is 1. The van der Waals surface area contributed by atoms with Crippen molar-refractivity contribution in [1.82, 2.24) is 20.5 Å². The van der Waals surface area contributed by atoms with Crippen LogP contribution < -0.4 is 15.5 Å². The Morgan fingerprint density at radius 2 is 1.86 bits per heavy atom. The zero-order chi connectivity index (χ0) is 32.1. The Balaban J connectivity index is 0.00000124. The van der Waals surface area contributed by atoms with Crippen LogP contribution in [0.3, 0.4) is 0 Å². The molecular formula is C35H48N6O3. The molecule has 2 aromatic carbocycles. The summed E-state index contributed by atoms with van der Waals surface area (Å²) >= 11 is 0. The number of aromatic nitrogens is 1. The molecule has 236 valence electrons. The van der Waals surface area contributed by atoms with Gasteiger partial charge in [-0.15, -0.1) is 0 Å². The number of carbonyl (C=O) groups excluding carboxylic acids is 2. The van der Waals surface area contributed by atoms with Gasteiger partial charge in [-0.05, 0) is 93.9 Å². The van der Waals surface area contributed by atoms with Crippen molar-refractivity contribution in [2.75, 3.05) is 38.8 Å². The fraction of sp³-hybridized carbons (Fsp3) is 0.429. The summed E-state index contributed by atoms with van der Waals surface area (Å²) in [6.07, 6.45) is 8.28. The van der Waals surface area contributed by atoms with Gasteiger partial charge < -0.3 is 24.9 Å². The topological polar surface area (TPSA) is 103 Å². The first-order valence-corrected chi connectivity index (χ1v) is 15.1. The number of allylic oxidation sites excluding steroid dienone is 1. The molecular weight excluding hydrogens is 552 g/mol. The molecule has 9 nitrogen and oxygen atoms in total. The minimum atomic E-state index is -0.117. The number of oxazole rings is 1. The number of amides is 1. The van der Waals surface area contributed by atoms with Crippen molar-refractivity contribution in [3.05, 3.63) is 78.8 Å². The van der Waals surface area contributed by atoms with Gasteiger partial charge in [0, 0.05) is 30.3 Å². The molecule has 0 bridgehead atoms. The van der Waals surface area contributed by atoms with E-state index < -0.39 is 0 Å². The number of nitrogens with zero attached hydrogens (tertiary/aromatic N) is 4. The van der Waals surface area contributed by atoms with Gasteiger partial charge in [0.25, 0.3) is 5.91 Å². The summed E-state index contributed by atoms with van der Waals surface area (Å²) in [7, 11) is 4.24. The van der Waals surface area contributed by atoms with Gasteiger partial charge in [0.1, 0.15) is 6.29 Å². The molecule has 2 N–H and O–H groups in total. The fourth-order valence-electron chi connectivity index (χ4n) is 5.08. The zero-order valence-electron chi connectivity index (χ0n) is 26.9. The fourth-order valence-corrected chi connectivity index (χ4v) is 5.08. The van der Waals surface area contributed by atoms with Crippen molar-refractivity contribution in [3.8, 4) is 11.3 Å². The standard InChI is InChI=1S/C32H44N6O2.C3H4O/c1-32(2,3)20-34-18-24-7-12-29(28(17-24)33-4)38(27-15-23(16-27)13-14-37(5)6)21-36-31(39)26-10-8-25(9-11-26)30-19-35-22-40-30;1-2-3-4/h7-12,17,19,22-23,27,34H,4,13-16,18,20-21H2,1-3,5-6H3,(H,36,39);2-3H,1H2. The number of carbonyl (C=O) groups is 2. The van der Waals surface area contributed by atoms with E-state index in [0.29, 0.717) is 36.2 Å². The van der Waals surface area contributed by atoms with Crippen LogP contribution in [0.5, 0.6) is 0 Å². The van der Waals surface area contributed by atoms with E-state index in [4.69, 9.17) is 9.21 Å². The number of hydrogen-bond acceptors (Lipinski definition) is 8. The molecule has 0 atom stereocenters. The van der Waals surface area contributed by atoms with Crippen LogP contribution in [0.4, 0.5) is 11.4 Å². The van der Waals surface area contributed by atoms with E-state index >= 15 is 0 Å². The molecule has 0 spiro atoms. The maximum Gasteiger partial charge on any atom is 0.252 e. The van der Waals surface area contributed by atoms with Crippen molar-refractivity contribution < 1.29 is 14.0 Å². The minimum absolute atomic E-state index is 0.117. The third-order valence-corrected chi connectivity index (χ3v) is 7.51. The normalized spacial score (nSPS) is 15.9. The number of anilines is 1. The highest BCUT2D eigenvalue weighted by Gasteiger charge is 2.34. The number of benzene rings is 2. The summed E-state index contributed by atoms with van der Waals surface area (Å²) in [4.78, 5) is 35.1. The van der Waals surface area contributed by atoms with Crippen molar-refractivity contribution in [1.29, 1.82) is 0 Å². The second-order valence-electron chi connectivity index (χ2n) is 12.7. The van der Waals surface area contributed by atoms with Crippen LogP contribution in [-0.4, -0.2) is 68.7 Å². The molecule has 44 heavy (non-hydrogen) atoms. The monoisotopic (exact) mass is 600 g/mol. The van der Waals surface area contributed by atoms with Crippen LogP contribution in [-0.2, 0) is 11.3 Å². The number of rotatable bonds is 14. The van der Waals surface area contributed by atoms with E-state index in [2.05, 4.69) is 96.8 Å². The Morgan fingerprint density at radius 3 is 2.43 bits per heavy atom. The van der Waals surface area contributed by atoms with Crippen molar-refractivity contribution in [3.63, 3.8) is 0 Å². The highest BCUT2D eigenvalue weighted by atomic mass is 16.3. The van der Waals surface area contributed by atoms with Gasteiger partial charge in [-0.2, -0.15) is 0 Å². The second-order valence-corrected chi connectivity index (χ2v) is 12.7. The molecule has 0 aliphatic heterocycles. The lowest BCUT2D eigenvalue weighted by Gasteiger charge is -2.45. The summed E-state index contributed by atoms with van der Waals surface area (Å²) < 4.78 is 5.36. The van der Waals surface area contributed by atoms with E-state index in [1.165, 1.54) is 24.5 Å². The van der Waals surface area contributed by atoms with Crippen LogP contribution in [0.1, 0.15) is 56.0 Å². The zero-order valence-corrected chi connectivity index (χ0v) is 26.9. The SMILES string of the molecule is C=CC=O.C=Nc1cc(CNCC(C)(C)C)ccc1N(CNC(=O)c1ccc(-c2cnco2)cc1)C1CC(CCN(C)C)C1. The summed E-state index contributed by atoms with van der Waals surface area (Å²) in [6.45, 7) is 16.9. The van der Waals surface area contributed by atoms with Crippen LogP contribution in [0.2, 0.25) is 0 Å². The van der Waals surface area contributed by atoms with Crippen molar-refractivity contribution >= 4 is 30.3 Å². The highest BCUT2D eigenvalue weighted by molar-refractivity contribution is 5.94. The Hall–Kier alpha value is -4.08. The predicted molar refractivity (Wildman–Crippen MR) is 180 cm³/mol. The molecule has 1 amide bonds. The third kappa shape index (κ3) is 10.6. The number of nitrogens with one attached hydrogen (secondary N) is 2. The molecule has 9 heteroatoms. The smallest absolute Gasteiger partial charge is 0.252 e. The van der Waals surface area contributed by atoms with E-state index in [1.807, 2.05) is 24.3 Å². The second kappa shape index (κ2) is 16.7. The van der Waals surface area contributed by atoms with Crippen molar-refractivity contribution in [2.24, 2.45) is 16.3 Å². The van der Waals surface area contributed by atoms with Gasteiger partial charge >= 0.3 is 0 Å². The Morgan fingerprint density at radius 1 is 1.16 bits per heavy atom. The van der Waals surface area contributed by atoms with Crippen LogP contribution >= 0.6 is 0 Å². The van der Waals surface area contributed by atoms with Crippen molar-refractivity contribution in [2.45, 2.75) is 52.6 Å². The summed E-state index contributed by atoms with van der Waals surface area (Å²) in [5.41, 5.74) is 4.72. The summed E-state index contributed by atoms with van der Waals surface area (Å²) in [5, 5.41) is 6.69. The van der Waals surface area contributed by atoms with Crippen LogP contribution in [0.25, 0.3) is 11.3 Å². The predicted octanol–water partition coefficient (Wildman–Crippen LogP) is 6.10. The molecule has 3 aromatic rings. The summed E-state index contributed by atoms with van der Waals surface area (Å²) in [6, 6.07) is 14.1. The molecule has 1 aliphatic rings. The lowest BCUT2D eigenvalue weighted by Crippen LogP contribution is -2.50. The Labute approximate surface area is 262 Å². The first kappa shape index (κ1) is 34.4. The molecule has 1 heterocycles. The van der Waals surface area contributed by atoms with E-state index in [9.17, 15) is 4.79 Å². The Bertz CT molecular complexity index is 1330. The summed E-state index contributed by atoms with van der Waals surface area (Å²) in [5.74, 6) is 1.25. The average molecular weight is 601 g/mol. The van der Waals surface area contributed by atoms with E-state index in [1.54, 1.807) is 6.20 Å². The lowest BCUT2D eigenvalue weighted by molar-refractivity contribution is -0.104. The first-order chi connectivity index (χ1) is 21.0. The lowest BCUT2D eigenvalue weighted by atomic mass is 9.77.